The van der Waals surface area contributed by atoms with Crippen LogP contribution in [0.1, 0.15) is 38.2 Å². The smallest absolute Gasteiger partial charge is 0.226 e. The molecule has 2 rings (SSSR count). The average Bonchev–Trinajstić information content (AvgIpc) is 2.64. The number of hydrogen-bond donors (Lipinski definition) is 2. The van der Waals surface area contributed by atoms with Gasteiger partial charge in [0.2, 0.25) is 5.91 Å². The van der Waals surface area contributed by atoms with Gasteiger partial charge in [0.1, 0.15) is 0 Å². The maximum absolute atomic E-state index is 12.0. The van der Waals surface area contributed by atoms with Gasteiger partial charge >= 0.3 is 0 Å². The molecule has 2 N–H and O–H groups in total. The average molecular weight is 474 g/mol. The van der Waals surface area contributed by atoms with Crippen molar-refractivity contribution in [1.29, 1.82) is 0 Å². The van der Waals surface area contributed by atoms with Crippen LogP contribution >= 0.6 is 24.0 Å². The molecule has 1 aliphatic rings. The van der Waals surface area contributed by atoms with Crippen LogP contribution in [0.4, 0.5) is 5.69 Å². The molecule has 7 heteroatoms. The molecule has 1 amide bonds. The molecule has 1 heterocycles. The molecule has 0 unspecified atom stereocenters. The van der Waals surface area contributed by atoms with E-state index in [1.54, 1.807) is 7.11 Å². The number of halogens is 1. The normalized spacial score (nSPS) is 14.8. The van der Waals surface area contributed by atoms with Crippen LogP contribution in [-0.2, 0) is 16.1 Å². The van der Waals surface area contributed by atoms with E-state index in [4.69, 9.17) is 4.74 Å². The van der Waals surface area contributed by atoms with Crippen molar-refractivity contribution in [2.75, 3.05) is 38.3 Å². The van der Waals surface area contributed by atoms with Gasteiger partial charge in [0.05, 0.1) is 6.54 Å². The molecule has 0 aromatic heterocycles. The predicted molar refractivity (Wildman–Crippen MR) is 117 cm³/mol. The molecule has 1 fully saturated rings. The predicted octanol–water partition coefficient (Wildman–Crippen LogP) is 2.91. The molecule has 6 nitrogen and oxygen atoms in total. The van der Waals surface area contributed by atoms with Crippen molar-refractivity contribution in [2.24, 2.45) is 4.99 Å². The van der Waals surface area contributed by atoms with Gasteiger partial charge in [-0.25, -0.2) is 4.99 Å². The number of guanidine groups is 1. The summed E-state index contributed by atoms with van der Waals surface area (Å²) in [6.07, 6.45) is 3.69. The number of amides is 1. The van der Waals surface area contributed by atoms with Crippen LogP contribution < -0.4 is 15.5 Å². The van der Waals surface area contributed by atoms with Gasteiger partial charge < -0.3 is 20.3 Å². The van der Waals surface area contributed by atoms with Crippen LogP contribution in [0.15, 0.2) is 29.3 Å². The largest absolute Gasteiger partial charge is 0.385 e. The maximum Gasteiger partial charge on any atom is 0.226 e. The Bertz CT molecular complexity index is 563. The number of rotatable bonds is 8. The molecular formula is C19H31IN4O2. The first-order valence-electron chi connectivity index (χ1n) is 9.15. The number of anilines is 1. The van der Waals surface area contributed by atoms with E-state index in [1.807, 2.05) is 17.0 Å². The Hall–Kier alpha value is -1.35. The van der Waals surface area contributed by atoms with E-state index < -0.39 is 0 Å². The minimum atomic E-state index is 0. The summed E-state index contributed by atoms with van der Waals surface area (Å²) in [7, 11) is 1.71. The van der Waals surface area contributed by atoms with Gasteiger partial charge in [-0.3, -0.25) is 4.79 Å². The Morgan fingerprint density at radius 3 is 2.65 bits per heavy atom. The Labute approximate surface area is 173 Å². The first-order chi connectivity index (χ1) is 12.2. The van der Waals surface area contributed by atoms with E-state index in [9.17, 15) is 4.79 Å². The molecule has 1 aromatic carbocycles. The summed E-state index contributed by atoms with van der Waals surface area (Å²) in [6.45, 7) is 5.88. The summed E-state index contributed by atoms with van der Waals surface area (Å²) in [6, 6.07) is 8.14. The van der Waals surface area contributed by atoms with E-state index in [-0.39, 0.29) is 29.9 Å². The van der Waals surface area contributed by atoms with Crippen LogP contribution in [-0.4, -0.2) is 45.2 Å². The topological polar surface area (TPSA) is 66.0 Å². The summed E-state index contributed by atoms with van der Waals surface area (Å²) in [5.74, 6) is 1.04. The number of nitrogens with one attached hydrogen (secondary N) is 2. The van der Waals surface area contributed by atoms with E-state index in [0.717, 1.165) is 62.7 Å². The van der Waals surface area contributed by atoms with Gasteiger partial charge in [-0.05, 0) is 43.9 Å². The first-order valence-corrected chi connectivity index (χ1v) is 9.15. The molecule has 1 saturated heterocycles. The number of piperidine rings is 1. The molecular weight excluding hydrogens is 443 g/mol. The van der Waals surface area contributed by atoms with Gasteiger partial charge in [-0.2, -0.15) is 0 Å². The van der Waals surface area contributed by atoms with Crippen molar-refractivity contribution in [3.8, 4) is 0 Å². The third-order valence-electron chi connectivity index (χ3n) is 4.15. The monoisotopic (exact) mass is 474 g/mol. The van der Waals surface area contributed by atoms with Crippen LogP contribution in [0.3, 0.4) is 0 Å². The van der Waals surface area contributed by atoms with Crippen molar-refractivity contribution < 1.29 is 9.53 Å². The molecule has 0 bridgehead atoms. The third-order valence-corrected chi connectivity index (χ3v) is 4.15. The van der Waals surface area contributed by atoms with Crippen molar-refractivity contribution in [1.82, 2.24) is 10.6 Å². The highest BCUT2D eigenvalue weighted by Crippen LogP contribution is 2.21. The van der Waals surface area contributed by atoms with Crippen LogP contribution in [0.5, 0.6) is 0 Å². The first kappa shape index (κ1) is 22.7. The Morgan fingerprint density at radius 1 is 1.23 bits per heavy atom. The lowest BCUT2D eigenvalue weighted by Gasteiger charge is -2.26. The van der Waals surface area contributed by atoms with Crippen molar-refractivity contribution >= 4 is 41.5 Å². The SMILES string of the molecule is CCNC(=NCc1ccc(N2CCCCC2=O)cc1)NCCCOC.I. The number of aliphatic imine (C=N–C) groups is 1. The number of carbonyl (C=O) groups is 1. The molecule has 1 aliphatic heterocycles. The lowest BCUT2D eigenvalue weighted by atomic mass is 10.1. The number of carbonyl (C=O) groups excluding carboxylic acids is 1. The van der Waals surface area contributed by atoms with Crippen LogP contribution in [0.25, 0.3) is 0 Å². The highest BCUT2D eigenvalue weighted by Gasteiger charge is 2.19. The zero-order valence-electron chi connectivity index (χ0n) is 15.8. The molecule has 0 spiro atoms. The van der Waals surface area contributed by atoms with Gasteiger partial charge in [0, 0.05) is 45.5 Å². The second-order valence-electron chi connectivity index (χ2n) is 6.14. The minimum absolute atomic E-state index is 0. The molecule has 0 saturated carbocycles. The van der Waals surface area contributed by atoms with E-state index in [2.05, 4.69) is 34.7 Å². The zero-order chi connectivity index (χ0) is 17.9. The molecule has 26 heavy (non-hydrogen) atoms. The van der Waals surface area contributed by atoms with E-state index in [1.165, 1.54) is 0 Å². The van der Waals surface area contributed by atoms with Crippen LogP contribution in [0, 0.1) is 0 Å². The fourth-order valence-corrected chi connectivity index (χ4v) is 2.80. The van der Waals surface area contributed by atoms with Crippen molar-refractivity contribution in [2.45, 2.75) is 39.2 Å². The second kappa shape index (κ2) is 12.9. The third kappa shape index (κ3) is 7.49. The quantitative estimate of drug-likeness (QED) is 0.263. The maximum atomic E-state index is 12.0. The minimum Gasteiger partial charge on any atom is -0.385 e. The van der Waals surface area contributed by atoms with Gasteiger partial charge in [0.15, 0.2) is 5.96 Å². The molecule has 0 radical (unpaired) electrons. The Balaban J connectivity index is 0.00000338. The molecule has 0 atom stereocenters. The Morgan fingerprint density at radius 2 is 2.00 bits per heavy atom. The highest BCUT2D eigenvalue weighted by atomic mass is 127. The number of hydrogen-bond acceptors (Lipinski definition) is 3. The summed E-state index contributed by atoms with van der Waals surface area (Å²) in [4.78, 5) is 18.5. The van der Waals surface area contributed by atoms with Gasteiger partial charge in [-0.15, -0.1) is 24.0 Å². The summed E-state index contributed by atoms with van der Waals surface area (Å²) < 4.78 is 5.05. The number of ether oxygens (including phenoxy) is 1. The van der Waals surface area contributed by atoms with Crippen molar-refractivity contribution in [3.05, 3.63) is 29.8 Å². The standard InChI is InChI=1S/C19H30N4O2.HI/c1-3-20-19(21-12-6-14-25-2)22-15-16-8-10-17(11-9-16)23-13-5-4-7-18(23)24;/h8-11H,3-7,12-15H2,1-2H3,(H2,20,21,22);1H. The molecule has 1 aromatic rings. The fraction of sp³-hybridized carbons (Fsp3) is 0.579. The molecule has 0 aliphatic carbocycles. The van der Waals surface area contributed by atoms with E-state index >= 15 is 0 Å². The van der Waals surface area contributed by atoms with Crippen molar-refractivity contribution in [3.63, 3.8) is 0 Å². The lowest BCUT2D eigenvalue weighted by Crippen LogP contribution is -2.38. The second-order valence-corrected chi connectivity index (χ2v) is 6.14. The Kier molecular flexibility index (Phi) is 11.3. The number of methoxy groups -OCH3 is 1. The lowest BCUT2D eigenvalue weighted by molar-refractivity contribution is -0.119. The van der Waals surface area contributed by atoms with Crippen LogP contribution in [0.2, 0.25) is 0 Å². The number of nitrogens with zero attached hydrogens (tertiary/aromatic N) is 2. The summed E-state index contributed by atoms with van der Waals surface area (Å²) in [5, 5.41) is 6.54. The van der Waals surface area contributed by atoms with E-state index in [0.29, 0.717) is 13.0 Å². The highest BCUT2D eigenvalue weighted by molar-refractivity contribution is 14.0. The summed E-state index contributed by atoms with van der Waals surface area (Å²) >= 11 is 0. The number of benzene rings is 1. The van der Waals surface area contributed by atoms with Gasteiger partial charge in [-0.1, -0.05) is 12.1 Å². The fourth-order valence-electron chi connectivity index (χ4n) is 2.80. The summed E-state index contributed by atoms with van der Waals surface area (Å²) in [5.41, 5.74) is 2.12. The molecule has 146 valence electrons. The van der Waals surface area contributed by atoms with Gasteiger partial charge in [0.25, 0.3) is 0 Å². The zero-order valence-corrected chi connectivity index (χ0v) is 18.1.